The van der Waals surface area contributed by atoms with Gasteiger partial charge in [-0.2, -0.15) is 0 Å². The monoisotopic (exact) mass is 390 g/mol. The van der Waals surface area contributed by atoms with Crippen molar-refractivity contribution in [3.05, 3.63) is 42.0 Å². The second-order valence-corrected chi connectivity index (χ2v) is 6.17. The molecule has 0 atom stereocenters. The smallest absolute Gasteiger partial charge is 0.225 e. The van der Waals surface area contributed by atoms with Gasteiger partial charge in [0, 0.05) is 36.2 Å². The highest BCUT2D eigenvalue weighted by Crippen LogP contribution is 2.25. The van der Waals surface area contributed by atoms with E-state index < -0.39 is 0 Å². The number of methoxy groups -OCH3 is 1. The van der Waals surface area contributed by atoms with Gasteiger partial charge in [0.1, 0.15) is 12.4 Å². The van der Waals surface area contributed by atoms with Crippen LogP contribution in [-0.4, -0.2) is 67.4 Å². The first kappa shape index (κ1) is 20.1. The second kappa shape index (κ2) is 10.1. The van der Waals surface area contributed by atoms with Gasteiger partial charge in [-0.1, -0.05) is 23.4 Å². The molecule has 2 heterocycles. The summed E-state index contributed by atoms with van der Waals surface area (Å²) >= 11 is 0. The van der Waals surface area contributed by atoms with Gasteiger partial charge >= 0.3 is 0 Å². The average Bonchev–Trinajstić information content (AvgIpc) is 2.68. The summed E-state index contributed by atoms with van der Waals surface area (Å²) in [5.41, 5.74) is 2.44. The Labute approximate surface area is 162 Å². The molecule has 1 aliphatic heterocycles. The highest BCUT2D eigenvalue weighted by molar-refractivity contribution is 5.98. The van der Waals surface area contributed by atoms with E-state index in [2.05, 4.69) is 15.1 Å². The predicted molar refractivity (Wildman–Crippen MR) is 102 cm³/mol. The van der Waals surface area contributed by atoms with Crippen LogP contribution in [0.2, 0.25) is 0 Å². The molecule has 0 aliphatic carbocycles. The van der Waals surface area contributed by atoms with Gasteiger partial charge in [0.25, 0.3) is 0 Å². The predicted octanol–water partition coefficient (Wildman–Crippen LogP) is 1.63. The molecule has 1 aromatic heterocycles. The van der Waals surface area contributed by atoms with Crippen LogP contribution in [0.4, 0.5) is 10.3 Å². The molecule has 0 amide bonds. The molecule has 9 heteroatoms. The summed E-state index contributed by atoms with van der Waals surface area (Å²) < 4.78 is 24.6. The maximum atomic E-state index is 14.6. The Kier molecular flexibility index (Phi) is 7.24. The van der Waals surface area contributed by atoms with Crippen molar-refractivity contribution in [1.82, 2.24) is 9.97 Å². The van der Waals surface area contributed by atoms with Crippen LogP contribution in [-0.2, 0) is 20.9 Å². The van der Waals surface area contributed by atoms with Crippen LogP contribution in [0.1, 0.15) is 5.56 Å². The lowest BCUT2D eigenvalue weighted by Gasteiger charge is -2.31. The lowest BCUT2D eigenvalue weighted by Crippen LogP contribution is -2.48. The third-order valence-electron chi connectivity index (χ3n) is 4.11. The summed E-state index contributed by atoms with van der Waals surface area (Å²) in [6.07, 6.45) is 3.23. The van der Waals surface area contributed by atoms with Gasteiger partial charge in [0.05, 0.1) is 45.2 Å². The lowest BCUT2D eigenvalue weighted by atomic mass is 10.1. The molecule has 1 fully saturated rings. The number of hydrogen-bond donors (Lipinski definition) is 1. The molecule has 28 heavy (non-hydrogen) atoms. The fourth-order valence-corrected chi connectivity index (χ4v) is 2.69. The molecule has 0 saturated carbocycles. The van der Waals surface area contributed by atoms with Crippen molar-refractivity contribution in [3.8, 4) is 11.1 Å². The van der Waals surface area contributed by atoms with Crippen LogP contribution in [0.3, 0.4) is 0 Å². The molecule has 0 spiro atoms. The van der Waals surface area contributed by atoms with Crippen molar-refractivity contribution in [3.63, 3.8) is 0 Å². The molecular weight excluding hydrogens is 367 g/mol. The fraction of sp³-hybridized carbons (Fsp3) is 0.421. The van der Waals surface area contributed by atoms with Crippen molar-refractivity contribution < 1.29 is 23.8 Å². The minimum absolute atomic E-state index is 0.00645. The molecule has 0 radical (unpaired) electrons. The second-order valence-electron chi connectivity index (χ2n) is 6.17. The zero-order chi connectivity index (χ0) is 19.8. The topological polar surface area (TPSA) is 89.3 Å². The Morgan fingerprint density at radius 3 is 2.68 bits per heavy atom. The van der Waals surface area contributed by atoms with Gasteiger partial charge in [-0.05, 0) is 0 Å². The lowest BCUT2D eigenvalue weighted by molar-refractivity contribution is 0.0349. The number of nitrogens with zero attached hydrogens (tertiary/aromatic N) is 4. The minimum atomic E-state index is -0.320. The molecule has 2 aromatic rings. The van der Waals surface area contributed by atoms with Crippen LogP contribution >= 0.6 is 0 Å². The van der Waals surface area contributed by atoms with Gasteiger partial charge < -0.3 is 24.3 Å². The molecule has 1 aliphatic rings. The first-order chi connectivity index (χ1) is 13.7. The average molecular weight is 390 g/mol. The van der Waals surface area contributed by atoms with E-state index in [1.54, 1.807) is 30.6 Å². The van der Waals surface area contributed by atoms with E-state index in [9.17, 15) is 4.39 Å². The summed E-state index contributed by atoms with van der Waals surface area (Å²) in [5, 5.41) is 12.6. The van der Waals surface area contributed by atoms with Gasteiger partial charge in [-0.15, -0.1) is 0 Å². The van der Waals surface area contributed by atoms with Gasteiger partial charge in [-0.3, -0.25) is 0 Å². The van der Waals surface area contributed by atoms with Crippen LogP contribution in [0.25, 0.3) is 11.1 Å². The van der Waals surface area contributed by atoms with E-state index in [0.717, 1.165) is 5.71 Å². The number of benzene rings is 1. The Hall–Kier alpha value is -2.62. The maximum Gasteiger partial charge on any atom is 0.225 e. The first-order valence-corrected chi connectivity index (χ1v) is 8.93. The SMILES string of the molecule is COCc1cccc(-c2cnc(N3CC(=NOCCOCCO)C3)nc2)c1F. The summed E-state index contributed by atoms with van der Waals surface area (Å²) in [5.74, 6) is 0.238. The molecule has 150 valence electrons. The zero-order valence-corrected chi connectivity index (χ0v) is 15.7. The van der Waals surface area contributed by atoms with E-state index in [1.807, 2.05) is 4.90 Å². The quantitative estimate of drug-likeness (QED) is 0.487. The van der Waals surface area contributed by atoms with E-state index in [-0.39, 0.29) is 19.0 Å². The Morgan fingerprint density at radius 1 is 1.18 bits per heavy atom. The number of aliphatic hydroxyl groups excluding tert-OH is 1. The van der Waals surface area contributed by atoms with E-state index in [0.29, 0.717) is 55.5 Å². The molecule has 8 nitrogen and oxygen atoms in total. The van der Waals surface area contributed by atoms with E-state index >= 15 is 0 Å². The van der Waals surface area contributed by atoms with E-state index in [4.69, 9.17) is 19.4 Å². The van der Waals surface area contributed by atoms with Gasteiger partial charge in [-0.25, -0.2) is 14.4 Å². The highest BCUT2D eigenvalue weighted by atomic mass is 19.1. The van der Waals surface area contributed by atoms with Crippen molar-refractivity contribution in [1.29, 1.82) is 0 Å². The summed E-state index contributed by atoms with van der Waals surface area (Å²) in [6.45, 7) is 2.37. The van der Waals surface area contributed by atoms with Crippen molar-refractivity contribution in [2.45, 2.75) is 6.61 Å². The number of hydrogen-bond acceptors (Lipinski definition) is 8. The fourth-order valence-electron chi connectivity index (χ4n) is 2.69. The van der Waals surface area contributed by atoms with Crippen molar-refractivity contribution in [2.75, 3.05) is 51.5 Å². The summed E-state index contributed by atoms with van der Waals surface area (Å²) in [7, 11) is 1.53. The molecule has 1 aromatic carbocycles. The van der Waals surface area contributed by atoms with Crippen LogP contribution < -0.4 is 4.90 Å². The van der Waals surface area contributed by atoms with Crippen LogP contribution in [0.15, 0.2) is 35.7 Å². The molecule has 0 unspecified atom stereocenters. The number of aromatic nitrogens is 2. The third-order valence-corrected chi connectivity index (χ3v) is 4.11. The Morgan fingerprint density at radius 2 is 1.96 bits per heavy atom. The molecule has 0 bridgehead atoms. The summed E-state index contributed by atoms with van der Waals surface area (Å²) in [4.78, 5) is 15.8. The number of rotatable bonds is 10. The van der Waals surface area contributed by atoms with Crippen LogP contribution in [0, 0.1) is 5.82 Å². The standard InChI is InChI=1S/C19H23FN4O4/c1-26-13-14-3-2-4-17(18(14)20)15-9-21-19(22-10-15)24-11-16(12-24)23-28-8-7-27-6-5-25/h2-4,9-10,25H,5-8,11-13H2,1H3. The number of anilines is 1. The molecular formula is C19H23FN4O4. The van der Waals surface area contributed by atoms with Gasteiger partial charge in [0.2, 0.25) is 5.95 Å². The minimum Gasteiger partial charge on any atom is -0.394 e. The number of halogens is 1. The number of ether oxygens (including phenoxy) is 2. The highest BCUT2D eigenvalue weighted by Gasteiger charge is 2.25. The van der Waals surface area contributed by atoms with Crippen molar-refractivity contribution >= 4 is 11.7 Å². The Bertz CT molecular complexity index is 793. The zero-order valence-electron chi connectivity index (χ0n) is 15.7. The molecule has 3 rings (SSSR count). The van der Waals surface area contributed by atoms with Crippen molar-refractivity contribution in [2.24, 2.45) is 5.16 Å². The largest absolute Gasteiger partial charge is 0.394 e. The molecule has 1 saturated heterocycles. The maximum absolute atomic E-state index is 14.6. The van der Waals surface area contributed by atoms with Gasteiger partial charge in [0.15, 0.2) is 0 Å². The Balaban J connectivity index is 1.53. The normalized spacial score (nSPS) is 13.4. The number of oxime groups is 1. The first-order valence-electron chi connectivity index (χ1n) is 8.93. The summed E-state index contributed by atoms with van der Waals surface area (Å²) in [6, 6.07) is 5.18. The molecule has 1 N–H and O–H groups in total. The van der Waals surface area contributed by atoms with E-state index in [1.165, 1.54) is 7.11 Å². The van der Waals surface area contributed by atoms with Crippen LogP contribution in [0.5, 0.6) is 0 Å². The third kappa shape index (κ3) is 5.00. The number of aliphatic hydroxyl groups is 1.